The molecule has 0 saturated carbocycles. The van der Waals surface area contributed by atoms with Crippen LogP contribution in [0.4, 0.5) is 0 Å². The predicted molar refractivity (Wildman–Crippen MR) is 237 cm³/mol. The smallest absolute Gasteiger partial charge is 0.113 e. The Morgan fingerprint density at radius 2 is 0.458 bits per heavy atom. The summed E-state index contributed by atoms with van der Waals surface area (Å²) in [5.41, 5.74) is 0. The molecule has 0 nitrogen and oxygen atoms in total. The monoisotopic (exact) mass is 816 g/mol. The summed E-state index contributed by atoms with van der Waals surface area (Å²) in [6.45, 7) is 4.68. The van der Waals surface area contributed by atoms with Crippen molar-refractivity contribution in [2.24, 2.45) is 0 Å². The molecule has 0 aromatic carbocycles. The molecule has 0 radical (unpaired) electrons. The van der Waals surface area contributed by atoms with Gasteiger partial charge in [0.1, 0.15) is 13.6 Å². The SMILES string of the molecule is CCCCCCCCCC12SC3(CCCCCCCCC)SC(CCCCCCCCCCl)(S1)SC(CCCCCCCCCCl)(S2)S3. The van der Waals surface area contributed by atoms with E-state index in [0.29, 0.717) is 13.6 Å². The third kappa shape index (κ3) is 17.0. The fourth-order valence-electron chi connectivity index (χ4n) is 7.52. The van der Waals surface area contributed by atoms with Gasteiger partial charge in [-0.2, -0.15) is 0 Å². The summed E-state index contributed by atoms with van der Waals surface area (Å²) in [4.78, 5) is 0. The molecule has 0 N–H and O–H groups in total. The summed E-state index contributed by atoms with van der Waals surface area (Å²) in [5, 5.41) is 0. The Bertz CT molecular complexity index is 724. The third-order valence-corrected chi connectivity index (χ3v) is 23.0. The van der Waals surface area contributed by atoms with Crippen LogP contribution < -0.4 is 0 Å². The first kappa shape index (κ1) is 45.1. The normalized spacial score (nSPS) is 27.8. The van der Waals surface area contributed by atoms with Gasteiger partial charge in [-0.15, -0.1) is 93.8 Å². The fraction of sp³-hybridized carbons (Fsp3) is 1.00. The van der Waals surface area contributed by atoms with Crippen LogP contribution in [0.15, 0.2) is 0 Å². The van der Waals surface area contributed by atoms with Gasteiger partial charge in [-0.1, -0.05) is 181 Å². The fourth-order valence-corrected chi connectivity index (χ4v) is 29.7. The van der Waals surface area contributed by atoms with Crippen molar-refractivity contribution in [1.82, 2.24) is 0 Å². The number of hydrogen-bond acceptors (Lipinski definition) is 6. The standard InChI is InChI=1S/C40H74Cl2S6/c1-3-5-7-9-13-19-25-31-37-43-38(32-26-20-14-10-8-6-4-2)46-39(44-37,33-27-21-15-11-17-23-29-35-41)48-40(45-37,47-38)34-28-22-16-12-18-24-30-36-42/h3-36H2,1-2H3. The molecule has 48 heavy (non-hydrogen) atoms. The highest BCUT2D eigenvalue weighted by atomic mass is 35.5. The van der Waals surface area contributed by atoms with Gasteiger partial charge in [0.25, 0.3) is 0 Å². The molecule has 4 rings (SSSR count). The van der Waals surface area contributed by atoms with Crippen molar-refractivity contribution >= 4 is 93.8 Å². The second-order valence-electron chi connectivity index (χ2n) is 14.9. The number of alkyl halides is 2. The molecular weight excluding hydrogens is 744 g/mol. The molecule has 0 aromatic rings. The molecule has 0 atom stereocenters. The highest BCUT2D eigenvalue weighted by Gasteiger charge is 2.71. The van der Waals surface area contributed by atoms with Crippen LogP contribution in [0.3, 0.4) is 0 Å². The molecule has 4 heterocycles. The second kappa shape index (κ2) is 26.5. The Labute approximate surface area is 335 Å². The maximum absolute atomic E-state index is 5.93. The third-order valence-electron chi connectivity index (χ3n) is 10.3. The van der Waals surface area contributed by atoms with Crippen LogP contribution >= 0.6 is 93.8 Å². The van der Waals surface area contributed by atoms with E-state index in [-0.39, 0.29) is 0 Å². The Morgan fingerprint density at radius 1 is 0.271 bits per heavy atom. The molecular formula is C40H74Cl2S6. The van der Waals surface area contributed by atoms with Crippen LogP contribution in [0, 0.1) is 0 Å². The van der Waals surface area contributed by atoms with E-state index < -0.39 is 0 Å². The van der Waals surface area contributed by atoms with Gasteiger partial charge in [-0.25, -0.2) is 0 Å². The van der Waals surface area contributed by atoms with Gasteiger partial charge in [0.2, 0.25) is 0 Å². The van der Waals surface area contributed by atoms with Crippen LogP contribution in [0.5, 0.6) is 0 Å². The molecule has 4 saturated heterocycles. The Morgan fingerprint density at radius 3 is 0.667 bits per heavy atom. The molecule has 4 bridgehead atoms. The molecule has 0 spiro atoms. The minimum absolute atomic E-state index is 0.365. The first-order valence-corrected chi connectivity index (χ1v) is 26.8. The Kier molecular flexibility index (Phi) is 24.9. The lowest BCUT2D eigenvalue weighted by Crippen LogP contribution is -2.53. The number of unbranched alkanes of at least 4 members (excludes halogenated alkanes) is 24. The van der Waals surface area contributed by atoms with Crippen LogP contribution in [-0.2, 0) is 0 Å². The number of rotatable bonds is 34. The van der Waals surface area contributed by atoms with E-state index >= 15 is 0 Å². The van der Waals surface area contributed by atoms with Crippen molar-refractivity contribution in [2.45, 2.75) is 233 Å². The van der Waals surface area contributed by atoms with E-state index in [2.05, 4.69) is 84.4 Å². The van der Waals surface area contributed by atoms with Crippen LogP contribution in [0.1, 0.15) is 219 Å². The van der Waals surface area contributed by atoms with Gasteiger partial charge in [0.15, 0.2) is 0 Å². The first-order chi connectivity index (χ1) is 23.5. The lowest BCUT2D eigenvalue weighted by Gasteiger charge is -2.67. The quantitative estimate of drug-likeness (QED) is 0.0465. The summed E-state index contributed by atoms with van der Waals surface area (Å²) in [7, 11) is 0. The van der Waals surface area contributed by atoms with E-state index in [0.717, 1.165) is 11.8 Å². The number of thioether (sulfide) groups is 6. The van der Waals surface area contributed by atoms with E-state index in [4.69, 9.17) is 23.2 Å². The maximum Gasteiger partial charge on any atom is 0.113 e. The maximum atomic E-state index is 5.93. The van der Waals surface area contributed by atoms with E-state index in [1.165, 1.54) is 205 Å². The summed E-state index contributed by atoms with van der Waals surface area (Å²) < 4.78 is 1.47. The molecule has 284 valence electrons. The van der Waals surface area contributed by atoms with Gasteiger partial charge in [-0.3, -0.25) is 0 Å². The van der Waals surface area contributed by atoms with E-state index in [9.17, 15) is 0 Å². The van der Waals surface area contributed by atoms with Crippen LogP contribution in [0.2, 0.25) is 0 Å². The van der Waals surface area contributed by atoms with E-state index in [1.807, 2.05) is 0 Å². The van der Waals surface area contributed by atoms with Gasteiger partial charge < -0.3 is 0 Å². The zero-order valence-electron chi connectivity index (χ0n) is 31.2. The number of hydrogen-bond donors (Lipinski definition) is 0. The van der Waals surface area contributed by atoms with Crippen molar-refractivity contribution in [1.29, 1.82) is 0 Å². The van der Waals surface area contributed by atoms with Gasteiger partial charge in [-0.05, 0) is 38.5 Å². The molecule has 0 aliphatic carbocycles. The Hall–Kier alpha value is 2.68. The van der Waals surface area contributed by atoms with Gasteiger partial charge in [0.05, 0.1) is 0 Å². The minimum Gasteiger partial charge on any atom is -0.127 e. The zero-order chi connectivity index (χ0) is 34.3. The van der Waals surface area contributed by atoms with Crippen molar-refractivity contribution in [3.63, 3.8) is 0 Å². The van der Waals surface area contributed by atoms with Gasteiger partial charge in [0, 0.05) is 11.8 Å². The molecule has 0 aromatic heterocycles. The van der Waals surface area contributed by atoms with Crippen LogP contribution in [-0.4, -0.2) is 25.4 Å². The molecule has 0 amide bonds. The average Bonchev–Trinajstić information content (AvgIpc) is 3.05. The summed E-state index contributed by atoms with van der Waals surface area (Å²) in [6, 6.07) is 0. The highest BCUT2D eigenvalue weighted by Crippen LogP contribution is 2.91. The lowest BCUT2D eigenvalue weighted by molar-refractivity contribution is 0.567. The largest absolute Gasteiger partial charge is 0.127 e. The molecule has 4 aliphatic heterocycles. The van der Waals surface area contributed by atoms with Crippen LogP contribution in [0.25, 0.3) is 0 Å². The average molecular weight is 818 g/mol. The molecule has 8 heteroatoms. The topological polar surface area (TPSA) is 0 Å². The van der Waals surface area contributed by atoms with Crippen molar-refractivity contribution < 1.29 is 0 Å². The first-order valence-electron chi connectivity index (χ1n) is 20.8. The van der Waals surface area contributed by atoms with Crippen molar-refractivity contribution in [3.05, 3.63) is 0 Å². The van der Waals surface area contributed by atoms with Crippen molar-refractivity contribution in [3.8, 4) is 0 Å². The lowest BCUT2D eigenvalue weighted by atomic mass is 10.1. The van der Waals surface area contributed by atoms with E-state index in [1.54, 1.807) is 0 Å². The summed E-state index contributed by atoms with van der Waals surface area (Å²) >= 11 is 26.7. The van der Waals surface area contributed by atoms with Gasteiger partial charge >= 0.3 is 0 Å². The second-order valence-corrected chi connectivity index (χ2v) is 28.4. The Balaban J connectivity index is 1.67. The molecule has 4 aliphatic rings. The predicted octanol–water partition coefficient (Wildman–Crippen LogP) is 18.0. The summed E-state index contributed by atoms with van der Waals surface area (Å²) in [6.07, 6.45) is 44.7. The molecule has 0 unspecified atom stereocenters. The highest BCUT2D eigenvalue weighted by molar-refractivity contribution is 8.64. The van der Waals surface area contributed by atoms with Crippen molar-refractivity contribution in [2.75, 3.05) is 11.8 Å². The zero-order valence-corrected chi connectivity index (χ0v) is 37.7. The number of halogens is 2. The minimum atomic E-state index is 0.365. The molecule has 4 fully saturated rings. The summed E-state index contributed by atoms with van der Waals surface area (Å²) in [5.74, 6) is 1.67.